The number of aliphatic hydroxyl groups is 1. The van der Waals surface area contributed by atoms with E-state index in [9.17, 15) is 10.1 Å². The van der Waals surface area contributed by atoms with Gasteiger partial charge in [0, 0.05) is 30.8 Å². The summed E-state index contributed by atoms with van der Waals surface area (Å²) >= 11 is 0. The minimum absolute atomic E-state index is 0.0245. The molecule has 0 saturated carbocycles. The minimum atomic E-state index is -0.395. The van der Waals surface area contributed by atoms with Crippen molar-refractivity contribution >= 4 is 5.69 Å². The Morgan fingerprint density at radius 2 is 2.18 bits per heavy atom. The van der Waals surface area contributed by atoms with Crippen molar-refractivity contribution in [3.63, 3.8) is 0 Å². The summed E-state index contributed by atoms with van der Waals surface area (Å²) in [5.74, 6) is 0. The number of hydrogen-bond acceptors (Lipinski definition) is 4. The molecule has 1 aromatic carbocycles. The number of nitrogens with one attached hydrogen (secondary N) is 1. The average molecular weight is 238 g/mol. The highest BCUT2D eigenvalue weighted by molar-refractivity contribution is 5.35. The molecule has 1 aromatic rings. The number of benzene rings is 1. The molecule has 2 N–H and O–H groups in total. The van der Waals surface area contributed by atoms with Crippen LogP contribution in [-0.4, -0.2) is 22.7 Å². The zero-order valence-corrected chi connectivity index (χ0v) is 10.1. The number of aliphatic hydroxyl groups excluding tert-OH is 1. The van der Waals surface area contributed by atoms with E-state index in [0.29, 0.717) is 6.42 Å². The topological polar surface area (TPSA) is 75.4 Å². The van der Waals surface area contributed by atoms with Crippen LogP contribution in [0.3, 0.4) is 0 Å². The molecule has 0 aliphatic carbocycles. The standard InChI is InChI=1S/C12H18N2O3/c1-9(6-7-15)13-10(2)11-4-3-5-12(8-11)14(16)17/h3-5,8-10,13,15H,6-7H2,1-2H3. The van der Waals surface area contributed by atoms with E-state index in [0.717, 1.165) is 5.56 Å². The van der Waals surface area contributed by atoms with Crippen LogP contribution in [0.25, 0.3) is 0 Å². The lowest BCUT2D eigenvalue weighted by atomic mass is 10.1. The van der Waals surface area contributed by atoms with Gasteiger partial charge in [0.25, 0.3) is 5.69 Å². The molecule has 0 aromatic heterocycles. The van der Waals surface area contributed by atoms with E-state index in [1.807, 2.05) is 19.9 Å². The molecule has 1 rings (SSSR count). The molecule has 0 aliphatic heterocycles. The molecular weight excluding hydrogens is 220 g/mol. The summed E-state index contributed by atoms with van der Waals surface area (Å²) in [5.41, 5.74) is 0.981. The van der Waals surface area contributed by atoms with Gasteiger partial charge < -0.3 is 10.4 Å². The van der Waals surface area contributed by atoms with Gasteiger partial charge in [0.2, 0.25) is 0 Å². The first-order valence-corrected chi connectivity index (χ1v) is 5.66. The van der Waals surface area contributed by atoms with Gasteiger partial charge >= 0.3 is 0 Å². The summed E-state index contributed by atoms with van der Waals surface area (Å²) in [6.07, 6.45) is 0.666. The highest BCUT2D eigenvalue weighted by atomic mass is 16.6. The maximum absolute atomic E-state index is 10.7. The van der Waals surface area contributed by atoms with Crippen molar-refractivity contribution in [2.24, 2.45) is 0 Å². The van der Waals surface area contributed by atoms with Gasteiger partial charge in [0.15, 0.2) is 0 Å². The van der Waals surface area contributed by atoms with Gasteiger partial charge in [-0.05, 0) is 25.8 Å². The fraction of sp³-hybridized carbons (Fsp3) is 0.500. The first kappa shape index (κ1) is 13.6. The lowest BCUT2D eigenvalue weighted by Gasteiger charge is -2.19. The summed E-state index contributed by atoms with van der Waals surface area (Å²) < 4.78 is 0. The maximum atomic E-state index is 10.7. The van der Waals surface area contributed by atoms with Gasteiger partial charge in [-0.1, -0.05) is 12.1 Å². The second kappa shape index (κ2) is 6.32. The van der Waals surface area contributed by atoms with Crippen molar-refractivity contribution < 1.29 is 10.0 Å². The Morgan fingerprint density at radius 3 is 2.76 bits per heavy atom. The van der Waals surface area contributed by atoms with Crippen LogP contribution in [-0.2, 0) is 0 Å². The van der Waals surface area contributed by atoms with Crippen LogP contribution in [0.15, 0.2) is 24.3 Å². The third-order valence-corrected chi connectivity index (χ3v) is 2.68. The van der Waals surface area contributed by atoms with Crippen molar-refractivity contribution in [1.82, 2.24) is 5.32 Å². The maximum Gasteiger partial charge on any atom is 0.269 e. The second-order valence-corrected chi connectivity index (χ2v) is 4.15. The molecule has 2 unspecified atom stereocenters. The molecule has 0 bridgehead atoms. The molecule has 0 saturated heterocycles. The smallest absolute Gasteiger partial charge is 0.269 e. The SMILES string of the molecule is CC(CCO)NC(C)c1cccc([N+](=O)[O-])c1. The number of non-ortho nitro benzene ring substituents is 1. The molecule has 0 amide bonds. The predicted molar refractivity (Wildman–Crippen MR) is 65.8 cm³/mol. The lowest BCUT2D eigenvalue weighted by molar-refractivity contribution is -0.384. The minimum Gasteiger partial charge on any atom is -0.396 e. The van der Waals surface area contributed by atoms with Crippen LogP contribution in [0, 0.1) is 10.1 Å². The molecule has 94 valence electrons. The van der Waals surface area contributed by atoms with Gasteiger partial charge in [-0.3, -0.25) is 10.1 Å². The lowest BCUT2D eigenvalue weighted by Crippen LogP contribution is -2.29. The first-order valence-electron chi connectivity index (χ1n) is 5.66. The van der Waals surface area contributed by atoms with Crippen molar-refractivity contribution in [3.05, 3.63) is 39.9 Å². The van der Waals surface area contributed by atoms with Crippen LogP contribution in [0.2, 0.25) is 0 Å². The van der Waals surface area contributed by atoms with E-state index in [1.54, 1.807) is 12.1 Å². The van der Waals surface area contributed by atoms with Crippen LogP contribution in [0.1, 0.15) is 31.9 Å². The summed E-state index contributed by atoms with van der Waals surface area (Å²) in [4.78, 5) is 10.3. The highest BCUT2D eigenvalue weighted by Gasteiger charge is 2.12. The molecule has 0 radical (unpaired) electrons. The van der Waals surface area contributed by atoms with E-state index in [-0.39, 0.29) is 24.4 Å². The van der Waals surface area contributed by atoms with Gasteiger partial charge in [-0.25, -0.2) is 0 Å². The van der Waals surface area contributed by atoms with Crippen LogP contribution < -0.4 is 5.32 Å². The fourth-order valence-electron chi connectivity index (χ4n) is 1.71. The van der Waals surface area contributed by atoms with Gasteiger partial charge in [0.05, 0.1) is 4.92 Å². The van der Waals surface area contributed by atoms with Crippen LogP contribution >= 0.6 is 0 Å². The fourth-order valence-corrected chi connectivity index (χ4v) is 1.71. The molecule has 2 atom stereocenters. The summed E-state index contributed by atoms with van der Waals surface area (Å²) in [5, 5.41) is 22.7. The summed E-state index contributed by atoms with van der Waals surface area (Å²) in [6.45, 7) is 4.06. The van der Waals surface area contributed by atoms with Crippen LogP contribution in [0.5, 0.6) is 0 Å². The van der Waals surface area contributed by atoms with Crippen molar-refractivity contribution in [2.75, 3.05) is 6.61 Å². The van der Waals surface area contributed by atoms with Gasteiger partial charge in [-0.15, -0.1) is 0 Å². The van der Waals surface area contributed by atoms with Crippen molar-refractivity contribution in [2.45, 2.75) is 32.4 Å². The first-order chi connectivity index (χ1) is 8.04. The Hall–Kier alpha value is -1.46. The molecule has 0 heterocycles. The molecule has 17 heavy (non-hydrogen) atoms. The summed E-state index contributed by atoms with van der Waals surface area (Å²) in [6, 6.07) is 6.79. The molecule has 5 nitrogen and oxygen atoms in total. The second-order valence-electron chi connectivity index (χ2n) is 4.15. The average Bonchev–Trinajstić information content (AvgIpc) is 2.29. The van der Waals surface area contributed by atoms with Crippen molar-refractivity contribution in [3.8, 4) is 0 Å². The third-order valence-electron chi connectivity index (χ3n) is 2.68. The molecule has 0 fully saturated rings. The quantitative estimate of drug-likeness (QED) is 0.587. The molecule has 0 spiro atoms. The van der Waals surface area contributed by atoms with E-state index in [1.165, 1.54) is 6.07 Å². The molecular formula is C12H18N2O3. The van der Waals surface area contributed by atoms with E-state index in [4.69, 9.17) is 5.11 Å². The normalized spacial score (nSPS) is 14.3. The number of hydrogen-bond donors (Lipinski definition) is 2. The zero-order valence-electron chi connectivity index (χ0n) is 10.1. The molecule has 5 heteroatoms. The highest BCUT2D eigenvalue weighted by Crippen LogP contribution is 2.19. The number of nitro benzene ring substituents is 1. The number of nitrogens with zero attached hydrogens (tertiary/aromatic N) is 1. The monoisotopic (exact) mass is 238 g/mol. The van der Waals surface area contributed by atoms with Crippen LogP contribution in [0.4, 0.5) is 5.69 Å². The van der Waals surface area contributed by atoms with E-state index in [2.05, 4.69) is 5.32 Å². The van der Waals surface area contributed by atoms with Gasteiger partial charge in [-0.2, -0.15) is 0 Å². The number of rotatable bonds is 6. The van der Waals surface area contributed by atoms with Crippen molar-refractivity contribution in [1.29, 1.82) is 0 Å². The molecule has 0 aliphatic rings. The van der Waals surface area contributed by atoms with E-state index >= 15 is 0 Å². The Kier molecular flexibility index (Phi) is 5.06. The third kappa shape index (κ3) is 4.13. The Morgan fingerprint density at radius 1 is 1.47 bits per heavy atom. The Bertz CT molecular complexity index is 382. The Labute approximate surface area is 101 Å². The number of nitro groups is 1. The zero-order chi connectivity index (χ0) is 12.8. The summed E-state index contributed by atoms with van der Waals surface area (Å²) in [7, 11) is 0. The van der Waals surface area contributed by atoms with E-state index < -0.39 is 4.92 Å². The Balaban J connectivity index is 2.71. The van der Waals surface area contributed by atoms with Gasteiger partial charge in [0.1, 0.15) is 0 Å². The predicted octanol–water partition coefficient (Wildman–Crippen LogP) is 2.02. The largest absolute Gasteiger partial charge is 0.396 e.